The molecule has 1 atom stereocenters. The molecule has 26 heavy (non-hydrogen) atoms. The van der Waals surface area contributed by atoms with Crippen molar-refractivity contribution < 1.29 is 4.79 Å². The van der Waals surface area contributed by atoms with Gasteiger partial charge in [-0.2, -0.15) is 5.26 Å². The number of rotatable bonds is 5. The summed E-state index contributed by atoms with van der Waals surface area (Å²) in [4.78, 5) is 20.6. The molecule has 5 heteroatoms. The number of nitrogens with two attached hydrogens (primary N) is 1. The minimum atomic E-state index is -0.547. The summed E-state index contributed by atoms with van der Waals surface area (Å²) < 4.78 is 0. The molecule has 2 N–H and O–H groups in total. The van der Waals surface area contributed by atoms with E-state index < -0.39 is 5.91 Å². The molecule has 0 radical (unpaired) electrons. The lowest BCUT2D eigenvalue weighted by Crippen LogP contribution is -2.12. The molecule has 2 aromatic rings. The number of aromatic nitrogens is 1. The van der Waals surface area contributed by atoms with Gasteiger partial charge in [-0.3, -0.25) is 9.79 Å². The summed E-state index contributed by atoms with van der Waals surface area (Å²) >= 11 is 0. The molecule has 1 aromatic heterocycles. The predicted molar refractivity (Wildman–Crippen MR) is 108 cm³/mol. The third-order valence-corrected chi connectivity index (χ3v) is 3.88. The lowest BCUT2D eigenvalue weighted by molar-refractivity contribution is 0.100. The third-order valence-electron chi connectivity index (χ3n) is 3.88. The van der Waals surface area contributed by atoms with E-state index in [-0.39, 0.29) is 0 Å². The summed E-state index contributed by atoms with van der Waals surface area (Å²) in [6.07, 6.45) is 4.60. The molecular formula is C21H26N4O. The second kappa shape index (κ2) is 10.1. The van der Waals surface area contributed by atoms with Crippen LogP contribution in [0.15, 0.2) is 35.5 Å². The first-order chi connectivity index (χ1) is 12.5. The number of fused-ring (bicyclic) bond motifs is 1. The van der Waals surface area contributed by atoms with Crippen molar-refractivity contribution in [2.45, 2.75) is 41.0 Å². The highest BCUT2D eigenvalue weighted by atomic mass is 16.1. The van der Waals surface area contributed by atoms with Crippen LogP contribution >= 0.6 is 0 Å². The normalized spacial score (nSPS) is 12.4. The Morgan fingerprint density at radius 3 is 2.69 bits per heavy atom. The van der Waals surface area contributed by atoms with Gasteiger partial charge in [0.15, 0.2) is 0 Å². The quantitative estimate of drug-likeness (QED) is 0.791. The van der Waals surface area contributed by atoms with Crippen molar-refractivity contribution in [3.8, 4) is 6.07 Å². The SMILES string of the molecule is CC.CCC(C)C=N/C=C(\C)c1cc(C(N)=O)c2cccc(C#N)c2n1. The van der Waals surface area contributed by atoms with Gasteiger partial charge in [0, 0.05) is 17.8 Å². The maximum absolute atomic E-state index is 11.8. The summed E-state index contributed by atoms with van der Waals surface area (Å²) in [5.74, 6) is -0.153. The minimum absolute atomic E-state index is 0.353. The number of allylic oxidation sites excluding steroid dienone is 1. The standard InChI is InChI=1S/C19H20N4O.C2H6/c1-4-12(2)10-22-11-13(3)17-8-16(19(21)24)15-7-5-6-14(9-20)18(15)23-17;1-2/h5-8,10-12H,4H2,1-3H3,(H2,21,24);1-2H3/b13-11+,22-10?;. The van der Waals surface area contributed by atoms with E-state index in [9.17, 15) is 10.1 Å². The first kappa shape index (κ1) is 21.0. The molecule has 0 fully saturated rings. The summed E-state index contributed by atoms with van der Waals surface area (Å²) in [5, 5.41) is 9.86. The average molecular weight is 350 g/mol. The summed E-state index contributed by atoms with van der Waals surface area (Å²) in [6.45, 7) is 10.0. The average Bonchev–Trinajstić information content (AvgIpc) is 2.67. The van der Waals surface area contributed by atoms with Crippen LogP contribution in [0.25, 0.3) is 16.5 Å². The van der Waals surface area contributed by atoms with E-state index in [1.54, 1.807) is 30.5 Å². The van der Waals surface area contributed by atoms with Crippen LogP contribution in [0.2, 0.25) is 0 Å². The van der Waals surface area contributed by atoms with Crippen molar-refractivity contribution in [1.82, 2.24) is 4.98 Å². The minimum Gasteiger partial charge on any atom is -0.366 e. The van der Waals surface area contributed by atoms with E-state index in [1.165, 1.54) is 0 Å². The summed E-state index contributed by atoms with van der Waals surface area (Å²) in [6, 6.07) is 8.88. The van der Waals surface area contributed by atoms with Crippen LogP contribution in [0.1, 0.15) is 62.7 Å². The van der Waals surface area contributed by atoms with Crippen molar-refractivity contribution in [2.75, 3.05) is 0 Å². The van der Waals surface area contributed by atoms with Crippen LogP contribution in [0.4, 0.5) is 0 Å². The number of nitrogens with zero attached hydrogens (tertiary/aromatic N) is 3. The van der Waals surface area contributed by atoms with E-state index in [4.69, 9.17) is 5.73 Å². The fraction of sp³-hybridized carbons (Fsp3) is 0.333. The number of primary amides is 1. The monoisotopic (exact) mass is 350 g/mol. The first-order valence-electron chi connectivity index (χ1n) is 8.82. The van der Waals surface area contributed by atoms with Gasteiger partial charge < -0.3 is 5.73 Å². The van der Waals surface area contributed by atoms with E-state index in [2.05, 4.69) is 29.9 Å². The van der Waals surface area contributed by atoms with Gasteiger partial charge in [0.2, 0.25) is 5.91 Å². The molecule has 136 valence electrons. The predicted octanol–water partition coefficient (Wildman–Crippen LogP) is 4.71. The molecule has 1 aromatic carbocycles. The van der Waals surface area contributed by atoms with Gasteiger partial charge in [-0.15, -0.1) is 0 Å². The molecule has 0 bridgehead atoms. The molecular weight excluding hydrogens is 324 g/mol. The van der Waals surface area contributed by atoms with Gasteiger partial charge in [-0.1, -0.05) is 39.8 Å². The Morgan fingerprint density at radius 2 is 2.12 bits per heavy atom. The highest BCUT2D eigenvalue weighted by Gasteiger charge is 2.13. The molecule has 0 aliphatic rings. The van der Waals surface area contributed by atoms with Crippen LogP contribution in [0, 0.1) is 17.2 Å². The Hall–Kier alpha value is -3.00. The largest absolute Gasteiger partial charge is 0.366 e. The van der Waals surface area contributed by atoms with E-state index >= 15 is 0 Å². The van der Waals surface area contributed by atoms with Gasteiger partial charge in [-0.25, -0.2) is 4.98 Å². The number of nitriles is 1. The maximum atomic E-state index is 11.8. The Bertz CT molecular complexity index is 875. The number of para-hydroxylation sites is 1. The molecule has 1 amide bonds. The maximum Gasteiger partial charge on any atom is 0.249 e. The molecule has 1 unspecified atom stereocenters. The van der Waals surface area contributed by atoms with Crippen molar-refractivity contribution in [1.29, 1.82) is 5.26 Å². The van der Waals surface area contributed by atoms with Crippen LogP contribution < -0.4 is 5.73 Å². The highest BCUT2D eigenvalue weighted by Crippen LogP contribution is 2.24. The number of pyridine rings is 1. The molecule has 0 spiro atoms. The fourth-order valence-corrected chi connectivity index (χ4v) is 2.22. The van der Waals surface area contributed by atoms with Crippen LogP contribution in [-0.2, 0) is 0 Å². The first-order valence-corrected chi connectivity index (χ1v) is 8.82. The zero-order chi connectivity index (χ0) is 19.7. The zero-order valence-corrected chi connectivity index (χ0v) is 16.1. The third kappa shape index (κ3) is 5.00. The van der Waals surface area contributed by atoms with Crippen LogP contribution in [0.5, 0.6) is 0 Å². The van der Waals surface area contributed by atoms with Crippen molar-refractivity contribution in [3.63, 3.8) is 0 Å². The zero-order valence-electron chi connectivity index (χ0n) is 16.1. The molecule has 0 saturated carbocycles. The molecule has 0 aliphatic heterocycles. The number of carbonyl (C=O) groups is 1. The van der Waals surface area contributed by atoms with E-state index in [1.807, 2.05) is 27.0 Å². The highest BCUT2D eigenvalue weighted by molar-refractivity contribution is 6.07. The summed E-state index contributed by atoms with van der Waals surface area (Å²) in [5.41, 5.74) is 8.12. The number of aliphatic imine (C=N–C) groups is 1. The Balaban J connectivity index is 0.00000163. The van der Waals surface area contributed by atoms with Crippen LogP contribution in [-0.4, -0.2) is 17.1 Å². The van der Waals surface area contributed by atoms with Crippen molar-refractivity contribution >= 4 is 28.6 Å². The number of hydrogen-bond acceptors (Lipinski definition) is 4. The summed E-state index contributed by atoms with van der Waals surface area (Å²) in [7, 11) is 0. The smallest absolute Gasteiger partial charge is 0.249 e. The van der Waals surface area contributed by atoms with Crippen LogP contribution in [0.3, 0.4) is 0 Å². The molecule has 1 heterocycles. The number of hydrogen-bond donors (Lipinski definition) is 1. The molecule has 5 nitrogen and oxygen atoms in total. The van der Waals surface area contributed by atoms with Gasteiger partial charge in [0.1, 0.15) is 6.07 Å². The lowest BCUT2D eigenvalue weighted by atomic mass is 10.0. The lowest BCUT2D eigenvalue weighted by Gasteiger charge is -2.08. The Morgan fingerprint density at radius 1 is 1.42 bits per heavy atom. The van der Waals surface area contributed by atoms with Gasteiger partial charge in [-0.05, 0) is 37.0 Å². The Labute approximate surface area is 155 Å². The van der Waals surface area contributed by atoms with Gasteiger partial charge in [0.05, 0.1) is 22.3 Å². The molecule has 2 rings (SSSR count). The van der Waals surface area contributed by atoms with Crippen molar-refractivity contribution in [3.05, 3.63) is 47.3 Å². The number of carbonyl (C=O) groups excluding carboxylic acids is 1. The van der Waals surface area contributed by atoms with Gasteiger partial charge in [0.25, 0.3) is 0 Å². The second-order valence-corrected chi connectivity index (χ2v) is 5.73. The molecule has 0 saturated heterocycles. The number of benzene rings is 1. The Kier molecular flexibility index (Phi) is 8.17. The topological polar surface area (TPSA) is 92.1 Å². The van der Waals surface area contributed by atoms with E-state index in [0.717, 1.165) is 12.0 Å². The van der Waals surface area contributed by atoms with Crippen molar-refractivity contribution in [2.24, 2.45) is 16.6 Å². The second-order valence-electron chi connectivity index (χ2n) is 5.73. The number of amides is 1. The van der Waals surface area contributed by atoms with E-state index in [0.29, 0.717) is 33.6 Å². The fourth-order valence-electron chi connectivity index (χ4n) is 2.22. The van der Waals surface area contributed by atoms with Gasteiger partial charge >= 0.3 is 0 Å². The molecule has 0 aliphatic carbocycles.